The third-order valence-electron chi connectivity index (χ3n) is 0.887. The second kappa shape index (κ2) is 2.99. The van der Waals surface area contributed by atoms with E-state index in [1.165, 1.54) is 16.2 Å². The van der Waals surface area contributed by atoms with Crippen LogP contribution in [-0.4, -0.2) is 4.98 Å². The molecule has 0 radical (unpaired) electrons. The van der Waals surface area contributed by atoms with Gasteiger partial charge in [0.2, 0.25) is 0 Å². The number of alkyl halides is 1. The highest BCUT2D eigenvalue weighted by atomic mass is 79.9. The Balaban J connectivity index is 2.85. The van der Waals surface area contributed by atoms with Gasteiger partial charge in [0.05, 0.1) is 0 Å². The minimum Gasteiger partial charge on any atom is -0.233 e. The van der Waals surface area contributed by atoms with Gasteiger partial charge in [-0.15, -0.1) is 11.3 Å². The minimum absolute atomic E-state index is 0.363. The summed E-state index contributed by atoms with van der Waals surface area (Å²) in [5, 5.41) is 0. The molecule has 1 aromatic heterocycles. The normalized spacial score (nSPS) is 13.7. The predicted octanol–water partition coefficient (Wildman–Crippen LogP) is 3.25. The first-order valence-corrected chi connectivity index (χ1v) is 4.56. The fourth-order valence-corrected chi connectivity index (χ4v) is 1.73. The Morgan fingerprint density at radius 3 is 2.78 bits per heavy atom. The van der Waals surface area contributed by atoms with Crippen LogP contribution in [0.25, 0.3) is 0 Å². The molecule has 0 bridgehead atoms. The molecule has 50 valence electrons. The highest BCUT2D eigenvalue weighted by molar-refractivity contribution is 9.09. The van der Waals surface area contributed by atoms with Crippen molar-refractivity contribution in [1.82, 2.24) is 4.98 Å². The molecule has 0 amide bonds. The maximum absolute atomic E-state index is 5.59. The molecule has 1 rings (SSSR count). The Hall–Kier alpha value is 0.400. The van der Waals surface area contributed by atoms with E-state index >= 15 is 0 Å². The van der Waals surface area contributed by atoms with Gasteiger partial charge in [0.1, 0.15) is 0 Å². The Morgan fingerprint density at radius 2 is 2.56 bits per heavy atom. The van der Waals surface area contributed by atoms with E-state index in [9.17, 15) is 0 Å². The maximum atomic E-state index is 5.59. The van der Waals surface area contributed by atoms with E-state index in [0.717, 1.165) is 0 Å². The molecule has 0 saturated carbocycles. The summed E-state index contributed by atoms with van der Waals surface area (Å²) in [6.07, 6.45) is 1.78. The molecule has 1 nitrogen and oxygen atoms in total. The lowest BCUT2D eigenvalue weighted by molar-refractivity contribution is 1.15. The predicted molar refractivity (Wildman–Crippen MR) is 44.5 cm³/mol. The van der Waals surface area contributed by atoms with Crippen LogP contribution in [0.15, 0.2) is 6.20 Å². The average molecular weight is 227 g/mol. The third-order valence-corrected chi connectivity index (χ3v) is 2.98. The SMILES string of the molecule is CC(Br)c1cnc(Cl)s1. The van der Waals surface area contributed by atoms with Crippen LogP contribution >= 0.6 is 38.9 Å². The number of hydrogen-bond donors (Lipinski definition) is 0. The van der Waals surface area contributed by atoms with Gasteiger partial charge in [-0.1, -0.05) is 27.5 Å². The quantitative estimate of drug-likeness (QED) is 0.670. The van der Waals surface area contributed by atoms with Gasteiger partial charge < -0.3 is 0 Å². The fraction of sp³-hybridized carbons (Fsp3) is 0.400. The topological polar surface area (TPSA) is 12.9 Å². The third kappa shape index (κ3) is 1.92. The fourth-order valence-electron chi connectivity index (χ4n) is 0.448. The lowest BCUT2D eigenvalue weighted by Crippen LogP contribution is -1.72. The number of aromatic nitrogens is 1. The van der Waals surface area contributed by atoms with Gasteiger partial charge in [0, 0.05) is 15.9 Å². The van der Waals surface area contributed by atoms with E-state index in [4.69, 9.17) is 11.6 Å². The second-order valence-corrected chi connectivity index (χ2v) is 4.65. The van der Waals surface area contributed by atoms with E-state index in [1.807, 2.05) is 6.92 Å². The van der Waals surface area contributed by atoms with Crippen LogP contribution in [0, 0.1) is 0 Å². The van der Waals surface area contributed by atoms with Crippen molar-refractivity contribution < 1.29 is 0 Å². The second-order valence-electron chi connectivity index (χ2n) is 1.63. The molecule has 0 aliphatic heterocycles. The van der Waals surface area contributed by atoms with Crippen LogP contribution < -0.4 is 0 Å². The smallest absolute Gasteiger partial charge is 0.183 e. The summed E-state index contributed by atoms with van der Waals surface area (Å²) in [5.74, 6) is 0. The van der Waals surface area contributed by atoms with Crippen molar-refractivity contribution in [1.29, 1.82) is 0 Å². The molecule has 1 unspecified atom stereocenters. The molecule has 0 aliphatic carbocycles. The number of rotatable bonds is 1. The molecule has 9 heavy (non-hydrogen) atoms. The van der Waals surface area contributed by atoms with Crippen LogP contribution in [0.4, 0.5) is 0 Å². The largest absolute Gasteiger partial charge is 0.233 e. The Bertz CT molecular complexity index is 199. The zero-order valence-electron chi connectivity index (χ0n) is 4.77. The molecule has 0 aromatic carbocycles. The zero-order valence-corrected chi connectivity index (χ0v) is 7.92. The van der Waals surface area contributed by atoms with Gasteiger partial charge in [0.25, 0.3) is 0 Å². The molecule has 0 saturated heterocycles. The standard InChI is InChI=1S/C5H5BrClNS/c1-3(6)4-2-8-5(7)9-4/h2-3H,1H3. The van der Waals surface area contributed by atoms with Crippen molar-refractivity contribution >= 4 is 38.9 Å². The van der Waals surface area contributed by atoms with Gasteiger partial charge >= 0.3 is 0 Å². The van der Waals surface area contributed by atoms with Crippen molar-refractivity contribution in [3.05, 3.63) is 15.5 Å². The number of hydrogen-bond acceptors (Lipinski definition) is 2. The van der Waals surface area contributed by atoms with Crippen LogP contribution in [0.1, 0.15) is 16.6 Å². The lowest BCUT2D eigenvalue weighted by Gasteiger charge is -1.92. The summed E-state index contributed by atoms with van der Waals surface area (Å²) in [6, 6.07) is 0. The Morgan fingerprint density at radius 1 is 1.89 bits per heavy atom. The van der Waals surface area contributed by atoms with Crippen molar-refractivity contribution in [3.8, 4) is 0 Å². The molecular formula is C5H5BrClNS. The van der Waals surface area contributed by atoms with Crippen LogP contribution in [0.2, 0.25) is 4.47 Å². The summed E-state index contributed by atoms with van der Waals surface area (Å²) < 4.78 is 0.608. The molecule has 4 heteroatoms. The molecule has 0 spiro atoms. The van der Waals surface area contributed by atoms with Crippen molar-refractivity contribution in [2.45, 2.75) is 11.8 Å². The van der Waals surface area contributed by atoms with Crippen molar-refractivity contribution in [3.63, 3.8) is 0 Å². The molecule has 1 aromatic rings. The Kier molecular flexibility index (Phi) is 2.50. The molecule has 1 heterocycles. The zero-order chi connectivity index (χ0) is 6.85. The molecule has 0 N–H and O–H groups in total. The average Bonchev–Trinajstić information content (AvgIpc) is 2.14. The lowest BCUT2D eigenvalue weighted by atomic mass is 10.4. The van der Waals surface area contributed by atoms with Crippen molar-refractivity contribution in [2.75, 3.05) is 0 Å². The van der Waals surface area contributed by atoms with E-state index < -0.39 is 0 Å². The summed E-state index contributed by atoms with van der Waals surface area (Å²) in [6.45, 7) is 2.05. The first-order valence-electron chi connectivity index (χ1n) is 2.45. The molecule has 1 atom stereocenters. The van der Waals surface area contributed by atoms with E-state index in [-0.39, 0.29) is 0 Å². The summed E-state index contributed by atoms with van der Waals surface area (Å²) in [7, 11) is 0. The highest BCUT2D eigenvalue weighted by Gasteiger charge is 2.03. The van der Waals surface area contributed by atoms with E-state index in [2.05, 4.69) is 20.9 Å². The first-order chi connectivity index (χ1) is 4.20. The van der Waals surface area contributed by atoms with Gasteiger partial charge in [-0.05, 0) is 6.92 Å². The van der Waals surface area contributed by atoms with Crippen LogP contribution in [-0.2, 0) is 0 Å². The maximum Gasteiger partial charge on any atom is 0.183 e. The van der Waals surface area contributed by atoms with Gasteiger partial charge in [-0.3, -0.25) is 0 Å². The van der Waals surface area contributed by atoms with E-state index in [0.29, 0.717) is 9.29 Å². The Labute approximate surface area is 71.2 Å². The molecular weight excluding hydrogens is 221 g/mol. The van der Waals surface area contributed by atoms with Crippen LogP contribution in [0.3, 0.4) is 0 Å². The number of halogens is 2. The highest BCUT2D eigenvalue weighted by Crippen LogP contribution is 2.28. The summed E-state index contributed by atoms with van der Waals surface area (Å²) in [5.41, 5.74) is 0. The molecule has 0 fully saturated rings. The van der Waals surface area contributed by atoms with E-state index in [1.54, 1.807) is 6.20 Å². The monoisotopic (exact) mass is 225 g/mol. The van der Waals surface area contributed by atoms with Gasteiger partial charge in [-0.25, -0.2) is 4.98 Å². The summed E-state index contributed by atoms with van der Waals surface area (Å²) >= 11 is 10.5. The molecule has 0 aliphatic rings. The summed E-state index contributed by atoms with van der Waals surface area (Å²) in [4.78, 5) is 5.42. The number of thiazole rings is 1. The van der Waals surface area contributed by atoms with Crippen molar-refractivity contribution in [2.24, 2.45) is 0 Å². The van der Waals surface area contributed by atoms with Gasteiger partial charge in [0.15, 0.2) is 4.47 Å². The minimum atomic E-state index is 0.363. The first kappa shape index (κ1) is 7.51. The number of nitrogens with zero attached hydrogens (tertiary/aromatic N) is 1. The van der Waals surface area contributed by atoms with Gasteiger partial charge in [-0.2, -0.15) is 0 Å². The van der Waals surface area contributed by atoms with Crippen LogP contribution in [0.5, 0.6) is 0 Å².